The Morgan fingerprint density at radius 2 is 2.08 bits per heavy atom. The largest absolute Gasteiger partial charge is 0.356 e. The number of aryl methyl sites for hydroxylation is 1. The zero-order valence-electron chi connectivity index (χ0n) is 14.9. The SMILES string of the molecule is Cc1cc(-c2cc(=O)n(CC(=O)NC3CCCC3)nc2C(C)C)on1. The minimum absolute atomic E-state index is 0.0647. The normalized spacial score (nSPS) is 15.0. The van der Waals surface area contributed by atoms with Gasteiger partial charge in [-0.05, 0) is 25.7 Å². The number of carbonyl (C=O) groups excluding carboxylic acids is 1. The van der Waals surface area contributed by atoms with Crippen molar-refractivity contribution in [3.63, 3.8) is 0 Å². The highest BCUT2D eigenvalue weighted by molar-refractivity contribution is 5.76. The molecule has 0 aliphatic heterocycles. The lowest BCUT2D eigenvalue weighted by Gasteiger charge is -2.15. The molecule has 3 rings (SSSR count). The predicted octanol–water partition coefficient (Wildman–Crippen LogP) is 2.39. The average Bonchev–Trinajstić information content (AvgIpc) is 3.20. The fourth-order valence-electron chi connectivity index (χ4n) is 3.21. The Kier molecular flexibility index (Phi) is 5.01. The summed E-state index contributed by atoms with van der Waals surface area (Å²) in [6.07, 6.45) is 4.31. The molecule has 1 amide bonds. The maximum atomic E-state index is 12.4. The Bertz CT molecular complexity index is 816. The van der Waals surface area contributed by atoms with Crippen molar-refractivity contribution in [3.05, 3.63) is 33.9 Å². The lowest BCUT2D eigenvalue weighted by molar-refractivity contribution is -0.122. The highest BCUT2D eigenvalue weighted by Crippen LogP contribution is 2.26. The molecular weight excluding hydrogens is 320 g/mol. The van der Waals surface area contributed by atoms with E-state index in [0.717, 1.165) is 31.4 Å². The van der Waals surface area contributed by atoms with Crippen molar-refractivity contribution in [1.29, 1.82) is 0 Å². The summed E-state index contributed by atoms with van der Waals surface area (Å²) >= 11 is 0. The van der Waals surface area contributed by atoms with E-state index < -0.39 is 0 Å². The van der Waals surface area contributed by atoms with Crippen LogP contribution in [0.15, 0.2) is 21.5 Å². The molecule has 0 bridgehead atoms. The zero-order chi connectivity index (χ0) is 18.0. The summed E-state index contributed by atoms with van der Waals surface area (Å²) in [6.45, 7) is 5.74. The molecular formula is C18H24N4O3. The van der Waals surface area contributed by atoms with E-state index in [1.807, 2.05) is 20.8 Å². The maximum Gasteiger partial charge on any atom is 0.267 e. The fourth-order valence-corrected chi connectivity index (χ4v) is 3.21. The van der Waals surface area contributed by atoms with Crippen LogP contribution in [-0.4, -0.2) is 26.9 Å². The molecule has 0 radical (unpaired) electrons. The van der Waals surface area contributed by atoms with E-state index in [9.17, 15) is 9.59 Å². The summed E-state index contributed by atoms with van der Waals surface area (Å²) < 4.78 is 6.52. The van der Waals surface area contributed by atoms with E-state index >= 15 is 0 Å². The molecule has 0 saturated heterocycles. The highest BCUT2D eigenvalue weighted by atomic mass is 16.5. The Hall–Kier alpha value is -2.44. The summed E-state index contributed by atoms with van der Waals surface area (Å²) in [6, 6.07) is 3.48. The van der Waals surface area contributed by atoms with Crippen LogP contribution in [0.2, 0.25) is 0 Å². The minimum Gasteiger partial charge on any atom is -0.356 e. The lowest BCUT2D eigenvalue weighted by atomic mass is 10.0. The van der Waals surface area contributed by atoms with Gasteiger partial charge in [-0.3, -0.25) is 9.59 Å². The van der Waals surface area contributed by atoms with Crippen LogP contribution in [-0.2, 0) is 11.3 Å². The molecule has 1 aliphatic rings. The number of hydrogen-bond acceptors (Lipinski definition) is 5. The van der Waals surface area contributed by atoms with Crippen LogP contribution in [0.25, 0.3) is 11.3 Å². The number of rotatable bonds is 5. The van der Waals surface area contributed by atoms with Gasteiger partial charge in [0.05, 0.1) is 11.4 Å². The van der Waals surface area contributed by atoms with Crippen molar-refractivity contribution >= 4 is 5.91 Å². The van der Waals surface area contributed by atoms with Crippen LogP contribution in [0, 0.1) is 6.92 Å². The Balaban J connectivity index is 1.86. The second-order valence-electron chi connectivity index (χ2n) is 6.98. The number of nitrogens with one attached hydrogen (secondary N) is 1. The molecule has 1 N–H and O–H groups in total. The third kappa shape index (κ3) is 3.97. The van der Waals surface area contributed by atoms with Gasteiger partial charge in [0, 0.05) is 23.7 Å². The van der Waals surface area contributed by atoms with Gasteiger partial charge in [0.1, 0.15) is 6.54 Å². The molecule has 1 saturated carbocycles. The first-order valence-electron chi connectivity index (χ1n) is 8.79. The van der Waals surface area contributed by atoms with Gasteiger partial charge in [-0.1, -0.05) is 31.8 Å². The first-order chi connectivity index (χ1) is 11.9. The van der Waals surface area contributed by atoms with Crippen molar-refractivity contribution < 1.29 is 9.32 Å². The molecule has 7 heteroatoms. The molecule has 2 heterocycles. The maximum absolute atomic E-state index is 12.4. The number of amides is 1. The zero-order valence-corrected chi connectivity index (χ0v) is 14.9. The molecule has 25 heavy (non-hydrogen) atoms. The smallest absolute Gasteiger partial charge is 0.267 e. The van der Waals surface area contributed by atoms with E-state index in [-0.39, 0.29) is 30.0 Å². The summed E-state index contributed by atoms with van der Waals surface area (Å²) in [5, 5.41) is 11.3. The van der Waals surface area contributed by atoms with Crippen molar-refractivity contribution in [2.45, 2.75) is 65.0 Å². The average molecular weight is 344 g/mol. The van der Waals surface area contributed by atoms with E-state index in [1.54, 1.807) is 6.07 Å². The van der Waals surface area contributed by atoms with E-state index in [0.29, 0.717) is 17.0 Å². The number of aromatic nitrogens is 3. The number of carbonyl (C=O) groups is 1. The molecule has 0 aromatic carbocycles. The van der Waals surface area contributed by atoms with Crippen LogP contribution >= 0.6 is 0 Å². The quantitative estimate of drug-likeness (QED) is 0.899. The Labute approximate surface area is 146 Å². The summed E-state index contributed by atoms with van der Waals surface area (Å²) in [5.41, 5.74) is 1.76. The molecule has 7 nitrogen and oxygen atoms in total. The molecule has 1 fully saturated rings. The van der Waals surface area contributed by atoms with Gasteiger partial charge in [0.15, 0.2) is 5.76 Å². The predicted molar refractivity (Wildman–Crippen MR) is 93.2 cm³/mol. The van der Waals surface area contributed by atoms with Gasteiger partial charge in [0.25, 0.3) is 5.56 Å². The molecule has 2 aromatic heterocycles. The van der Waals surface area contributed by atoms with Crippen molar-refractivity contribution in [2.75, 3.05) is 0 Å². The fraction of sp³-hybridized carbons (Fsp3) is 0.556. The van der Waals surface area contributed by atoms with Gasteiger partial charge in [0.2, 0.25) is 5.91 Å². The number of nitrogens with zero attached hydrogens (tertiary/aromatic N) is 3. The lowest BCUT2D eigenvalue weighted by Crippen LogP contribution is -2.38. The van der Waals surface area contributed by atoms with E-state index in [4.69, 9.17) is 4.52 Å². The Morgan fingerprint density at radius 3 is 2.68 bits per heavy atom. The minimum atomic E-state index is -0.324. The molecule has 0 spiro atoms. The summed E-state index contributed by atoms with van der Waals surface area (Å²) in [4.78, 5) is 24.6. The van der Waals surface area contributed by atoms with Crippen molar-refractivity contribution in [1.82, 2.24) is 20.3 Å². The van der Waals surface area contributed by atoms with Gasteiger partial charge in [-0.25, -0.2) is 4.68 Å². The van der Waals surface area contributed by atoms with E-state index in [1.165, 1.54) is 10.7 Å². The van der Waals surface area contributed by atoms with E-state index in [2.05, 4.69) is 15.6 Å². The van der Waals surface area contributed by atoms with Gasteiger partial charge < -0.3 is 9.84 Å². The second-order valence-corrected chi connectivity index (χ2v) is 6.98. The summed E-state index contributed by atoms with van der Waals surface area (Å²) in [7, 11) is 0. The third-order valence-electron chi connectivity index (χ3n) is 4.48. The standard InChI is InChI=1S/C18H24N4O3/c1-11(2)18-14(15-8-12(3)21-25-15)9-17(24)22(20-18)10-16(23)19-13-6-4-5-7-13/h8-9,11,13H,4-7,10H2,1-3H3,(H,19,23). The molecule has 1 aliphatic carbocycles. The third-order valence-corrected chi connectivity index (χ3v) is 4.48. The monoisotopic (exact) mass is 344 g/mol. The molecule has 134 valence electrons. The van der Waals surface area contributed by atoms with Crippen LogP contribution in [0.1, 0.15) is 56.8 Å². The van der Waals surface area contributed by atoms with Gasteiger partial charge in [-0.2, -0.15) is 5.10 Å². The Morgan fingerprint density at radius 1 is 1.36 bits per heavy atom. The van der Waals surface area contributed by atoms with Crippen molar-refractivity contribution in [2.24, 2.45) is 0 Å². The highest BCUT2D eigenvalue weighted by Gasteiger charge is 2.20. The molecule has 0 atom stereocenters. The first kappa shape index (κ1) is 17.4. The topological polar surface area (TPSA) is 90.0 Å². The van der Waals surface area contributed by atoms with Crippen molar-refractivity contribution in [3.8, 4) is 11.3 Å². The van der Waals surface area contributed by atoms with Crippen LogP contribution in [0.5, 0.6) is 0 Å². The summed E-state index contributed by atoms with van der Waals surface area (Å²) in [5.74, 6) is 0.429. The van der Waals surface area contributed by atoms with Crippen LogP contribution in [0.4, 0.5) is 0 Å². The second kappa shape index (κ2) is 7.21. The van der Waals surface area contributed by atoms with Crippen LogP contribution < -0.4 is 10.9 Å². The number of hydrogen-bond donors (Lipinski definition) is 1. The van der Waals surface area contributed by atoms with Crippen LogP contribution in [0.3, 0.4) is 0 Å². The van der Waals surface area contributed by atoms with Gasteiger partial charge in [-0.15, -0.1) is 0 Å². The van der Waals surface area contributed by atoms with Gasteiger partial charge >= 0.3 is 0 Å². The molecule has 0 unspecified atom stereocenters. The first-order valence-corrected chi connectivity index (χ1v) is 8.79. The molecule has 2 aromatic rings.